The summed E-state index contributed by atoms with van der Waals surface area (Å²) in [6, 6.07) is 5.90. The van der Waals surface area contributed by atoms with Crippen LogP contribution in [0.4, 0.5) is 0 Å². The predicted octanol–water partition coefficient (Wildman–Crippen LogP) is 4.33. The number of hydrogen-bond acceptors (Lipinski definition) is 4. The number of carbonyl (C=O) groups excluding carboxylic acids is 1. The van der Waals surface area contributed by atoms with Gasteiger partial charge in [0, 0.05) is 16.3 Å². The van der Waals surface area contributed by atoms with E-state index in [0.717, 1.165) is 29.1 Å². The molecule has 0 aromatic carbocycles. The molecule has 0 aliphatic rings. The minimum atomic E-state index is -0.269. The van der Waals surface area contributed by atoms with Gasteiger partial charge in [-0.2, -0.15) is 5.10 Å². The highest BCUT2D eigenvalue weighted by atomic mass is 35.5. The Morgan fingerprint density at radius 1 is 1.46 bits per heavy atom. The van der Waals surface area contributed by atoms with E-state index in [0.29, 0.717) is 10.7 Å². The van der Waals surface area contributed by atoms with Crippen LogP contribution in [0.25, 0.3) is 5.65 Å². The lowest BCUT2D eigenvalue weighted by atomic mass is 10.1. The first kappa shape index (κ1) is 16.9. The number of rotatable bonds is 5. The molecule has 5 nitrogen and oxygen atoms in total. The fraction of sp³-hybridized carbons (Fsp3) is 0.353. The van der Waals surface area contributed by atoms with Gasteiger partial charge < -0.3 is 5.32 Å². The number of fused-ring (bicyclic) bond motifs is 1. The van der Waals surface area contributed by atoms with Crippen LogP contribution in [0.1, 0.15) is 52.6 Å². The number of thiophene rings is 1. The second-order valence-electron chi connectivity index (χ2n) is 5.77. The fourth-order valence-electron chi connectivity index (χ4n) is 2.73. The number of carbonyl (C=O) groups is 1. The quantitative estimate of drug-likeness (QED) is 0.734. The minimum Gasteiger partial charge on any atom is -0.343 e. The Kier molecular flexibility index (Phi) is 4.87. The monoisotopic (exact) mass is 362 g/mol. The molecule has 0 aliphatic carbocycles. The first-order valence-electron chi connectivity index (χ1n) is 7.88. The molecule has 0 radical (unpaired) electrons. The lowest BCUT2D eigenvalue weighted by molar-refractivity contribution is 0.0930. The normalized spacial score (nSPS) is 12.5. The molecular formula is C17H19ClN4OS. The van der Waals surface area contributed by atoms with E-state index in [1.54, 1.807) is 15.9 Å². The van der Waals surface area contributed by atoms with Crippen molar-refractivity contribution in [1.29, 1.82) is 0 Å². The van der Waals surface area contributed by atoms with Crippen LogP contribution in [0.3, 0.4) is 0 Å². The van der Waals surface area contributed by atoms with Crippen LogP contribution in [-0.4, -0.2) is 20.5 Å². The largest absolute Gasteiger partial charge is 0.343 e. The highest BCUT2D eigenvalue weighted by molar-refractivity contribution is 7.10. The van der Waals surface area contributed by atoms with Crippen LogP contribution in [0.15, 0.2) is 23.6 Å². The first-order valence-corrected chi connectivity index (χ1v) is 9.13. The number of nitrogens with zero attached hydrogens (tertiary/aromatic N) is 3. The molecule has 3 rings (SSSR count). The molecule has 0 aliphatic heterocycles. The zero-order valence-corrected chi connectivity index (χ0v) is 15.4. The zero-order chi connectivity index (χ0) is 17.3. The fourth-order valence-corrected chi connectivity index (χ4v) is 3.79. The predicted molar refractivity (Wildman–Crippen MR) is 96.9 cm³/mol. The van der Waals surface area contributed by atoms with Crippen LogP contribution in [0.5, 0.6) is 0 Å². The Labute approximate surface area is 149 Å². The molecule has 0 spiro atoms. The van der Waals surface area contributed by atoms with E-state index < -0.39 is 0 Å². The van der Waals surface area contributed by atoms with Crippen LogP contribution in [0, 0.1) is 13.8 Å². The Hall–Kier alpha value is -1.92. The molecule has 3 aromatic heterocycles. The third-order valence-electron chi connectivity index (χ3n) is 3.82. The first-order chi connectivity index (χ1) is 11.5. The van der Waals surface area contributed by atoms with Gasteiger partial charge in [0.05, 0.1) is 6.04 Å². The smallest absolute Gasteiger partial charge is 0.273 e. The van der Waals surface area contributed by atoms with Crippen molar-refractivity contribution in [2.24, 2.45) is 0 Å². The average molecular weight is 363 g/mol. The minimum absolute atomic E-state index is 0.0285. The lowest BCUT2D eigenvalue weighted by Crippen LogP contribution is -2.28. The Morgan fingerprint density at radius 2 is 2.25 bits per heavy atom. The number of nitrogens with one attached hydrogen (secondary N) is 1. The summed E-state index contributed by atoms with van der Waals surface area (Å²) in [7, 11) is 0. The summed E-state index contributed by atoms with van der Waals surface area (Å²) < 4.78 is 1.62. The van der Waals surface area contributed by atoms with E-state index in [4.69, 9.17) is 11.6 Å². The lowest BCUT2D eigenvalue weighted by Gasteiger charge is -2.16. The third kappa shape index (κ3) is 3.16. The number of aryl methyl sites for hydroxylation is 2. The summed E-state index contributed by atoms with van der Waals surface area (Å²) in [6.45, 7) is 5.91. The summed E-state index contributed by atoms with van der Waals surface area (Å²) in [6.07, 6.45) is 1.84. The van der Waals surface area contributed by atoms with Crippen molar-refractivity contribution in [2.75, 3.05) is 0 Å². The molecule has 126 valence electrons. The number of halogens is 1. The summed E-state index contributed by atoms with van der Waals surface area (Å²) in [4.78, 5) is 18.2. The maximum atomic E-state index is 12.7. The van der Waals surface area contributed by atoms with Gasteiger partial charge in [-0.05, 0) is 37.8 Å². The molecule has 0 bridgehead atoms. The van der Waals surface area contributed by atoms with Crippen molar-refractivity contribution >= 4 is 34.5 Å². The molecule has 24 heavy (non-hydrogen) atoms. The van der Waals surface area contributed by atoms with E-state index in [9.17, 15) is 4.79 Å². The third-order valence-corrected chi connectivity index (χ3v) is 5.16. The van der Waals surface area contributed by atoms with Gasteiger partial charge in [0.2, 0.25) is 0 Å². The molecule has 0 saturated heterocycles. The van der Waals surface area contributed by atoms with E-state index in [-0.39, 0.29) is 17.6 Å². The topological polar surface area (TPSA) is 59.3 Å². The number of amides is 1. The van der Waals surface area contributed by atoms with Crippen LogP contribution < -0.4 is 5.32 Å². The molecule has 3 heterocycles. The Bertz CT molecular complexity index is 872. The van der Waals surface area contributed by atoms with Gasteiger partial charge in [-0.15, -0.1) is 11.3 Å². The number of hydrogen-bond donors (Lipinski definition) is 1. The summed E-state index contributed by atoms with van der Waals surface area (Å²) >= 11 is 8.01. The highest BCUT2D eigenvalue weighted by Gasteiger charge is 2.23. The molecule has 1 atom stereocenters. The van der Waals surface area contributed by atoms with Crippen molar-refractivity contribution in [1.82, 2.24) is 19.9 Å². The summed E-state index contributed by atoms with van der Waals surface area (Å²) in [5.74, 6) is -0.269. The van der Waals surface area contributed by atoms with Gasteiger partial charge in [0.1, 0.15) is 5.02 Å². The summed E-state index contributed by atoms with van der Waals surface area (Å²) in [5.41, 5.74) is 2.47. The SMILES string of the molecule is CCCC(NC(=O)c1nn2c(C)cc(C)nc2c1Cl)c1cccs1. The van der Waals surface area contributed by atoms with Crippen molar-refractivity contribution < 1.29 is 4.79 Å². The molecule has 7 heteroatoms. The van der Waals surface area contributed by atoms with Crippen molar-refractivity contribution in [3.05, 3.63) is 50.6 Å². The van der Waals surface area contributed by atoms with Gasteiger partial charge in [-0.1, -0.05) is 31.0 Å². The van der Waals surface area contributed by atoms with E-state index in [1.165, 1.54) is 0 Å². The molecule has 1 unspecified atom stereocenters. The molecule has 0 fully saturated rings. The van der Waals surface area contributed by atoms with Crippen molar-refractivity contribution in [3.8, 4) is 0 Å². The molecule has 1 amide bonds. The second kappa shape index (κ2) is 6.91. The van der Waals surface area contributed by atoms with Gasteiger partial charge in [0.25, 0.3) is 5.91 Å². The van der Waals surface area contributed by atoms with Gasteiger partial charge >= 0.3 is 0 Å². The van der Waals surface area contributed by atoms with Crippen molar-refractivity contribution in [3.63, 3.8) is 0 Å². The standard InChI is InChI=1S/C17H19ClN4OS/c1-4-6-12(13-7-5-8-24-13)20-17(23)15-14(18)16-19-10(2)9-11(3)22(16)21-15/h5,7-9,12H,4,6H2,1-3H3,(H,20,23). The van der Waals surface area contributed by atoms with Gasteiger partial charge in [-0.3, -0.25) is 4.79 Å². The number of aromatic nitrogens is 3. The Balaban J connectivity index is 1.93. The second-order valence-corrected chi connectivity index (χ2v) is 7.12. The maximum absolute atomic E-state index is 12.7. The van der Waals surface area contributed by atoms with E-state index >= 15 is 0 Å². The van der Waals surface area contributed by atoms with Gasteiger partial charge in [-0.25, -0.2) is 9.50 Å². The molecule has 0 saturated carbocycles. The van der Waals surface area contributed by atoms with E-state index in [2.05, 4.69) is 22.3 Å². The molecule has 1 N–H and O–H groups in total. The zero-order valence-electron chi connectivity index (χ0n) is 13.8. The summed E-state index contributed by atoms with van der Waals surface area (Å²) in [5, 5.41) is 9.72. The van der Waals surface area contributed by atoms with Crippen molar-refractivity contribution in [2.45, 2.75) is 39.7 Å². The van der Waals surface area contributed by atoms with Gasteiger partial charge in [0.15, 0.2) is 11.3 Å². The molecular weight excluding hydrogens is 344 g/mol. The van der Waals surface area contributed by atoms with E-state index in [1.807, 2.05) is 37.4 Å². The molecule has 3 aromatic rings. The van der Waals surface area contributed by atoms with Crippen LogP contribution in [0.2, 0.25) is 5.02 Å². The Morgan fingerprint density at radius 3 is 2.92 bits per heavy atom. The van der Waals surface area contributed by atoms with Crippen LogP contribution in [-0.2, 0) is 0 Å². The highest BCUT2D eigenvalue weighted by Crippen LogP contribution is 2.26. The van der Waals surface area contributed by atoms with Crippen LogP contribution >= 0.6 is 22.9 Å². The average Bonchev–Trinajstić information content (AvgIpc) is 3.16. The maximum Gasteiger partial charge on any atom is 0.273 e.